The Kier molecular flexibility index (Phi) is 2.85. The molecule has 1 aromatic carbocycles. The summed E-state index contributed by atoms with van der Waals surface area (Å²) in [6.45, 7) is 1.76. The van der Waals surface area contributed by atoms with Crippen molar-refractivity contribution in [3.63, 3.8) is 0 Å². The lowest BCUT2D eigenvalue weighted by Gasteiger charge is -1.97. The third-order valence-corrected chi connectivity index (χ3v) is 2.64. The van der Waals surface area contributed by atoms with Crippen LogP contribution in [0.1, 0.15) is 11.3 Å². The molecule has 0 fully saturated rings. The monoisotopic (exact) mass is 257 g/mol. The van der Waals surface area contributed by atoms with Crippen LogP contribution in [0.3, 0.4) is 0 Å². The second kappa shape index (κ2) is 4.66. The first-order chi connectivity index (χ1) is 9.26. The molecule has 2 aromatic heterocycles. The zero-order valence-corrected chi connectivity index (χ0v) is 10.2. The van der Waals surface area contributed by atoms with Crippen LogP contribution in [0, 0.1) is 6.92 Å². The smallest absolute Gasteiger partial charge is 0.280 e. The van der Waals surface area contributed by atoms with E-state index < -0.39 is 0 Å². The minimum atomic E-state index is -0.0268. The van der Waals surface area contributed by atoms with Crippen LogP contribution in [0.5, 0.6) is 0 Å². The Balaban J connectivity index is 1.96. The predicted octanol–water partition coefficient (Wildman–Crippen LogP) is 2.19. The average Bonchev–Trinajstić information content (AvgIpc) is 3.07. The lowest BCUT2D eigenvalue weighted by molar-refractivity contribution is 0.282. The molecule has 0 spiro atoms. The zero-order chi connectivity index (χ0) is 13.2. The van der Waals surface area contributed by atoms with Crippen LogP contribution in [0.2, 0.25) is 0 Å². The van der Waals surface area contributed by atoms with Crippen molar-refractivity contribution in [3.8, 4) is 23.0 Å². The van der Waals surface area contributed by atoms with Crippen LogP contribution in [-0.4, -0.2) is 20.4 Å². The number of aryl methyl sites for hydroxylation is 1. The van der Waals surface area contributed by atoms with Gasteiger partial charge in [-0.05, 0) is 18.6 Å². The summed E-state index contributed by atoms with van der Waals surface area (Å²) in [5.74, 6) is 1.43. The molecule has 0 amide bonds. The van der Waals surface area contributed by atoms with Gasteiger partial charge in [0, 0.05) is 11.6 Å². The van der Waals surface area contributed by atoms with Gasteiger partial charge in [-0.25, -0.2) is 0 Å². The van der Waals surface area contributed by atoms with Gasteiger partial charge in [0.05, 0.1) is 6.61 Å². The second-order valence-electron chi connectivity index (χ2n) is 4.10. The highest BCUT2D eigenvalue weighted by atomic mass is 16.5. The van der Waals surface area contributed by atoms with Gasteiger partial charge in [0.25, 0.3) is 5.89 Å². The minimum Gasteiger partial charge on any atom is -0.392 e. The molecule has 0 radical (unpaired) electrons. The molecular formula is C13H11N3O3. The van der Waals surface area contributed by atoms with E-state index >= 15 is 0 Å². The summed E-state index contributed by atoms with van der Waals surface area (Å²) in [5, 5.41) is 16.8. The molecule has 0 atom stereocenters. The van der Waals surface area contributed by atoms with Gasteiger partial charge < -0.3 is 14.2 Å². The van der Waals surface area contributed by atoms with E-state index in [1.54, 1.807) is 13.0 Å². The largest absolute Gasteiger partial charge is 0.392 e. The van der Waals surface area contributed by atoms with Crippen LogP contribution in [0.25, 0.3) is 23.0 Å². The number of benzene rings is 1. The van der Waals surface area contributed by atoms with Crippen molar-refractivity contribution >= 4 is 0 Å². The molecule has 2 heterocycles. The summed E-state index contributed by atoms with van der Waals surface area (Å²) >= 11 is 0. The number of hydrogen-bond donors (Lipinski definition) is 1. The Morgan fingerprint density at radius 3 is 2.79 bits per heavy atom. The fourth-order valence-corrected chi connectivity index (χ4v) is 1.72. The first kappa shape index (κ1) is 11.6. The maximum absolute atomic E-state index is 9.11. The summed E-state index contributed by atoms with van der Waals surface area (Å²) in [6.07, 6.45) is 0. The van der Waals surface area contributed by atoms with Gasteiger partial charge in [0.1, 0.15) is 5.76 Å². The highest BCUT2D eigenvalue weighted by Gasteiger charge is 2.14. The van der Waals surface area contributed by atoms with Gasteiger partial charge in [-0.3, -0.25) is 0 Å². The van der Waals surface area contributed by atoms with Crippen molar-refractivity contribution in [1.29, 1.82) is 0 Å². The van der Waals surface area contributed by atoms with E-state index in [2.05, 4.69) is 15.3 Å². The van der Waals surface area contributed by atoms with Crippen molar-refractivity contribution in [1.82, 2.24) is 15.3 Å². The predicted molar refractivity (Wildman–Crippen MR) is 65.9 cm³/mol. The van der Waals surface area contributed by atoms with Crippen molar-refractivity contribution in [3.05, 3.63) is 41.7 Å². The van der Waals surface area contributed by atoms with Crippen LogP contribution in [-0.2, 0) is 6.61 Å². The molecule has 0 aliphatic rings. The topological polar surface area (TPSA) is 85.2 Å². The minimum absolute atomic E-state index is 0.0268. The standard InChI is InChI=1S/C13H11N3O3/c1-8-5-11(15-18-8)13-14-12(16-19-13)10-4-2-3-9(6-10)7-17/h2-6,17H,7H2,1H3. The number of aliphatic hydroxyl groups is 1. The Morgan fingerprint density at radius 2 is 2.05 bits per heavy atom. The van der Waals surface area contributed by atoms with Crippen molar-refractivity contribution in [2.75, 3.05) is 0 Å². The summed E-state index contributed by atoms with van der Waals surface area (Å²) in [4.78, 5) is 4.26. The average molecular weight is 257 g/mol. The first-order valence-electron chi connectivity index (χ1n) is 5.74. The summed E-state index contributed by atoms with van der Waals surface area (Å²) in [5.41, 5.74) is 2.08. The van der Waals surface area contributed by atoms with E-state index in [1.165, 1.54) is 0 Å². The number of aliphatic hydroxyl groups excluding tert-OH is 1. The van der Waals surface area contributed by atoms with Gasteiger partial charge in [0.2, 0.25) is 5.82 Å². The molecule has 0 bridgehead atoms. The van der Waals surface area contributed by atoms with E-state index in [0.717, 1.165) is 11.1 Å². The molecule has 6 heteroatoms. The normalized spacial score (nSPS) is 10.8. The number of hydrogen-bond acceptors (Lipinski definition) is 6. The van der Waals surface area contributed by atoms with Crippen LogP contribution in [0.4, 0.5) is 0 Å². The lowest BCUT2D eigenvalue weighted by Crippen LogP contribution is -1.86. The molecule has 6 nitrogen and oxygen atoms in total. The molecule has 3 rings (SSSR count). The van der Waals surface area contributed by atoms with E-state index in [0.29, 0.717) is 23.2 Å². The highest BCUT2D eigenvalue weighted by molar-refractivity contribution is 5.58. The third kappa shape index (κ3) is 2.25. The first-order valence-corrected chi connectivity index (χ1v) is 5.74. The molecule has 96 valence electrons. The van der Waals surface area contributed by atoms with Crippen LogP contribution >= 0.6 is 0 Å². The molecule has 0 aliphatic carbocycles. The van der Waals surface area contributed by atoms with Crippen molar-refractivity contribution < 1.29 is 14.2 Å². The number of aromatic nitrogens is 3. The zero-order valence-electron chi connectivity index (χ0n) is 10.2. The molecule has 0 saturated heterocycles. The third-order valence-electron chi connectivity index (χ3n) is 2.64. The number of nitrogens with zero attached hydrogens (tertiary/aromatic N) is 3. The maximum atomic E-state index is 9.11. The van der Waals surface area contributed by atoms with E-state index in [4.69, 9.17) is 14.2 Å². The SMILES string of the molecule is Cc1cc(-c2nc(-c3cccc(CO)c3)no2)no1. The Bertz CT molecular complexity index is 702. The Morgan fingerprint density at radius 1 is 1.16 bits per heavy atom. The van der Waals surface area contributed by atoms with Crippen molar-refractivity contribution in [2.45, 2.75) is 13.5 Å². The summed E-state index contributed by atoms with van der Waals surface area (Å²) < 4.78 is 10.1. The molecule has 0 aliphatic heterocycles. The molecule has 3 aromatic rings. The quantitative estimate of drug-likeness (QED) is 0.774. The van der Waals surface area contributed by atoms with Gasteiger partial charge >= 0.3 is 0 Å². The van der Waals surface area contributed by atoms with Gasteiger partial charge in [-0.2, -0.15) is 4.98 Å². The molecule has 1 N–H and O–H groups in total. The summed E-state index contributed by atoms with van der Waals surface area (Å²) in [6, 6.07) is 9.04. The van der Waals surface area contributed by atoms with Crippen molar-refractivity contribution in [2.24, 2.45) is 0 Å². The maximum Gasteiger partial charge on any atom is 0.280 e. The van der Waals surface area contributed by atoms with E-state index in [1.807, 2.05) is 24.3 Å². The lowest BCUT2D eigenvalue weighted by atomic mass is 10.1. The summed E-state index contributed by atoms with van der Waals surface area (Å²) in [7, 11) is 0. The molecule has 19 heavy (non-hydrogen) atoms. The van der Waals surface area contributed by atoms with Gasteiger partial charge in [0.15, 0.2) is 5.69 Å². The fraction of sp³-hybridized carbons (Fsp3) is 0.154. The molecule has 0 saturated carbocycles. The molecular weight excluding hydrogens is 246 g/mol. The number of rotatable bonds is 3. The molecule has 0 unspecified atom stereocenters. The Labute approximate surface area is 108 Å². The van der Waals surface area contributed by atoms with Crippen LogP contribution in [0.15, 0.2) is 39.4 Å². The van der Waals surface area contributed by atoms with E-state index in [9.17, 15) is 0 Å². The highest BCUT2D eigenvalue weighted by Crippen LogP contribution is 2.22. The van der Waals surface area contributed by atoms with Gasteiger partial charge in [-0.1, -0.05) is 28.5 Å². The second-order valence-corrected chi connectivity index (χ2v) is 4.10. The van der Waals surface area contributed by atoms with Gasteiger partial charge in [-0.15, -0.1) is 0 Å². The van der Waals surface area contributed by atoms with E-state index in [-0.39, 0.29) is 6.61 Å². The fourth-order valence-electron chi connectivity index (χ4n) is 1.72. The van der Waals surface area contributed by atoms with Crippen LogP contribution < -0.4 is 0 Å². The Hall–Kier alpha value is -2.47.